The smallest absolute Gasteiger partial charge is 0.407 e. The molecule has 2 amide bonds. The van der Waals surface area contributed by atoms with Crippen molar-refractivity contribution in [1.29, 1.82) is 5.41 Å². The average molecular weight is 827 g/mol. The number of halogens is 8. The monoisotopic (exact) mass is 826 g/mol. The number of amides is 2. The molecule has 306 valence electrons. The first kappa shape index (κ1) is 41.4. The van der Waals surface area contributed by atoms with Gasteiger partial charge in [-0.25, -0.2) is 18.6 Å². The van der Waals surface area contributed by atoms with Crippen molar-refractivity contribution in [3.05, 3.63) is 77.4 Å². The van der Waals surface area contributed by atoms with Gasteiger partial charge in [0.15, 0.2) is 11.8 Å². The molecule has 1 aliphatic heterocycles. The molecule has 1 saturated heterocycles. The zero-order valence-corrected chi connectivity index (χ0v) is 31.5. The molecule has 3 N–H and O–H groups in total. The van der Waals surface area contributed by atoms with E-state index in [0.717, 1.165) is 37.9 Å². The van der Waals surface area contributed by atoms with Crippen LogP contribution in [0.4, 0.5) is 35.5 Å². The maximum atomic E-state index is 14.9. The molecule has 3 aliphatic rings. The van der Waals surface area contributed by atoms with Crippen molar-refractivity contribution in [3.63, 3.8) is 0 Å². The Bertz CT molecular complexity index is 2120. The van der Waals surface area contributed by atoms with Gasteiger partial charge in [0.05, 0.1) is 28.7 Å². The predicted octanol–water partition coefficient (Wildman–Crippen LogP) is 7.78. The van der Waals surface area contributed by atoms with Crippen LogP contribution in [-0.4, -0.2) is 82.9 Å². The molecular formula is C36H38ClF7N10O3. The number of nitrogens with one attached hydrogen (secondary N) is 3. The SMILES string of the molecule is C=C(/C=C\C(=C/C)c1cnn(C2CC2)n1)[C@@]1(CC(C)(C)C(F)(F)F)NC(=N)N([C@H](COC(=O)NC2(C(F)F)CC2)c2ccc(Cl)c(-c3ncnn3C(F)F)c2)C1=O. The number of guanidine groups is 1. The molecule has 2 aliphatic carbocycles. The number of aromatic nitrogens is 6. The third-order valence-corrected chi connectivity index (χ3v) is 10.6. The maximum absolute atomic E-state index is 14.9. The molecule has 1 aromatic carbocycles. The van der Waals surface area contributed by atoms with Crippen LogP contribution in [0.5, 0.6) is 0 Å². The van der Waals surface area contributed by atoms with Gasteiger partial charge in [0, 0.05) is 5.56 Å². The summed E-state index contributed by atoms with van der Waals surface area (Å²) in [6.07, 6.45) is -1.40. The third-order valence-electron chi connectivity index (χ3n) is 10.2. The molecular weight excluding hydrogens is 789 g/mol. The van der Waals surface area contributed by atoms with E-state index < -0.39 is 78.5 Å². The van der Waals surface area contributed by atoms with E-state index in [9.17, 15) is 40.3 Å². The van der Waals surface area contributed by atoms with Crippen molar-refractivity contribution >= 4 is 35.1 Å². The van der Waals surface area contributed by atoms with E-state index in [4.69, 9.17) is 21.7 Å². The number of nitrogens with zero attached hydrogens (tertiary/aromatic N) is 7. The van der Waals surface area contributed by atoms with Crippen molar-refractivity contribution in [2.24, 2.45) is 5.41 Å². The van der Waals surface area contributed by atoms with Gasteiger partial charge in [0.25, 0.3) is 12.3 Å². The number of ether oxygens (including phenoxy) is 1. The molecule has 2 aromatic heterocycles. The summed E-state index contributed by atoms with van der Waals surface area (Å²) < 4.78 is 104. The number of alkyl carbamates (subject to hydrolysis) is 1. The van der Waals surface area contributed by atoms with Crippen LogP contribution >= 0.6 is 11.6 Å². The lowest BCUT2D eigenvalue weighted by molar-refractivity contribution is -0.217. The van der Waals surface area contributed by atoms with Crippen molar-refractivity contribution in [1.82, 2.24) is 45.3 Å². The highest BCUT2D eigenvalue weighted by Crippen LogP contribution is 2.48. The van der Waals surface area contributed by atoms with Crippen LogP contribution in [0.2, 0.25) is 5.02 Å². The third kappa shape index (κ3) is 8.13. The van der Waals surface area contributed by atoms with Crippen LogP contribution in [0.15, 0.2) is 61.1 Å². The van der Waals surface area contributed by atoms with Crippen molar-refractivity contribution in [2.45, 2.75) is 95.2 Å². The topological polar surface area (TPSA) is 156 Å². The first-order valence-corrected chi connectivity index (χ1v) is 18.0. The van der Waals surface area contributed by atoms with Crippen molar-refractivity contribution in [3.8, 4) is 11.4 Å². The summed E-state index contributed by atoms with van der Waals surface area (Å²) in [5.41, 5.74) is -6.09. The fourth-order valence-corrected chi connectivity index (χ4v) is 6.64. The summed E-state index contributed by atoms with van der Waals surface area (Å²) in [5, 5.41) is 25.9. The van der Waals surface area contributed by atoms with Crippen LogP contribution < -0.4 is 10.6 Å². The molecule has 2 atom stereocenters. The molecule has 3 aromatic rings. The molecule has 21 heteroatoms. The highest BCUT2D eigenvalue weighted by Gasteiger charge is 2.60. The number of hydrogen-bond acceptors (Lipinski definition) is 8. The van der Waals surface area contributed by atoms with E-state index in [-0.39, 0.29) is 45.3 Å². The van der Waals surface area contributed by atoms with E-state index >= 15 is 0 Å². The van der Waals surface area contributed by atoms with Gasteiger partial charge < -0.3 is 15.4 Å². The van der Waals surface area contributed by atoms with Gasteiger partial charge in [-0.1, -0.05) is 56.3 Å². The van der Waals surface area contributed by atoms with Crippen LogP contribution in [-0.2, 0) is 9.53 Å². The van der Waals surface area contributed by atoms with Crippen molar-refractivity contribution < 1.29 is 45.1 Å². The minimum absolute atomic E-state index is 0.0112. The Morgan fingerprint density at radius 1 is 1.18 bits per heavy atom. The van der Waals surface area contributed by atoms with Crippen LogP contribution in [0.3, 0.4) is 0 Å². The second kappa shape index (κ2) is 15.2. The zero-order valence-electron chi connectivity index (χ0n) is 30.8. The number of allylic oxidation sites excluding steroid dienone is 3. The molecule has 2 saturated carbocycles. The lowest BCUT2D eigenvalue weighted by Crippen LogP contribution is -2.53. The Morgan fingerprint density at radius 3 is 2.47 bits per heavy atom. The molecule has 6 rings (SSSR count). The Balaban J connectivity index is 1.40. The lowest BCUT2D eigenvalue weighted by atomic mass is 9.73. The van der Waals surface area contributed by atoms with Gasteiger partial charge in [0.1, 0.15) is 29.7 Å². The first-order valence-electron chi connectivity index (χ1n) is 17.7. The summed E-state index contributed by atoms with van der Waals surface area (Å²) >= 11 is 6.39. The lowest BCUT2D eigenvalue weighted by Gasteiger charge is -2.38. The molecule has 0 radical (unpaired) electrons. The van der Waals surface area contributed by atoms with Gasteiger partial charge in [-0.3, -0.25) is 15.1 Å². The van der Waals surface area contributed by atoms with Gasteiger partial charge in [-0.15, -0.1) is 0 Å². The van der Waals surface area contributed by atoms with E-state index in [2.05, 4.69) is 37.5 Å². The summed E-state index contributed by atoms with van der Waals surface area (Å²) in [7, 11) is 0. The van der Waals surface area contributed by atoms with E-state index in [0.29, 0.717) is 11.3 Å². The number of carbonyl (C=O) groups excluding carboxylic acids is 2. The van der Waals surface area contributed by atoms with Crippen molar-refractivity contribution in [2.75, 3.05) is 6.61 Å². The zero-order chi connectivity index (χ0) is 41.7. The largest absolute Gasteiger partial charge is 0.447 e. The molecule has 3 heterocycles. The fourth-order valence-electron chi connectivity index (χ4n) is 6.44. The Kier molecular flexibility index (Phi) is 11.1. The molecule has 57 heavy (non-hydrogen) atoms. The molecule has 0 spiro atoms. The first-order chi connectivity index (χ1) is 26.7. The summed E-state index contributed by atoms with van der Waals surface area (Å²) in [4.78, 5) is 33.9. The molecule has 13 nitrogen and oxygen atoms in total. The van der Waals surface area contributed by atoms with Crippen LogP contribution in [0.25, 0.3) is 17.0 Å². The van der Waals surface area contributed by atoms with Gasteiger partial charge in [-0.05, 0) is 67.9 Å². The molecule has 3 fully saturated rings. The van der Waals surface area contributed by atoms with Gasteiger partial charge >= 0.3 is 18.8 Å². The quantitative estimate of drug-likeness (QED) is 0.104. The van der Waals surface area contributed by atoms with Gasteiger partial charge in [0.2, 0.25) is 0 Å². The van der Waals surface area contributed by atoms with E-state index in [1.165, 1.54) is 36.5 Å². The normalized spacial score (nSPS) is 20.4. The Labute approximate surface area is 326 Å². The molecule has 0 bridgehead atoms. The molecule has 0 unspecified atom stereocenters. The Morgan fingerprint density at radius 2 is 1.88 bits per heavy atom. The minimum Gasteiger partial charge on any atom is -0.447 e. The average Bonchev–Trinajstić information content (AvgIpc) is 4.01. The number of hydrogen-bond donors (Lipinski definition) is 3. The minimum atomic E-state index is -4.85. The van der Waals surface area contributed by atoms with Crippen LogP contribution in [0, 0.1) is 10.8 Å². The second-order valence-corrected chi connectivity index (χ2v) is 15.1. The maximum Gasteiger partial charge on any atom is 0.407 e. The second-order valence-electron chi connectivity index (χ2n) is 14.7. The van der Waals surface area contributed by atoms with E-state index in [1.54, 1.807) is 17.8 Å². The highest BCUT2D eigenvalue weighted by molar-refractivity contribution is 6.33. The summed E-state index contributed by atoms with van der Waals surface area (Å²) in [5.74, 6) is -2.26. The Hall–Kier alpha value is -5.27. The number of carbonyl (C=O) groups is 2. The van der Waals surface area contributed by atoms with Gasteiger partial charge in [-0.2, -0.15) is 46.7 Å². The summed E-state index contributed by atoms with van der Waals surface area (Å²) in [6.45, 7) is 3.46. The predicted molar refractivity (Wildman–Crippen MR) is 192 cm³/mol. The standard InChI is InChI=1S/C36H38ClF7N10O3/c1-5-20(25-15-47-54(51-25)22-9-10-22)7-6-19(2)35(17-33(3,4)36(42,43)44)29(55)52(31(45)49-35)26(16-57-32(56)50-34(12-13-34)28(38)39)21-8-11-24(37)23(14-21)27-46-18-48-53(27)30(40)41/h5-8,11,14-15,18,22,26,28,30H,2,9-10,12-13,16-17H2,1,3-4H3,(H2,45,49)(H,50,56)/b7-6-,20-5+/t26-,35-/m1/s1. The van der Waals surface area contributed by atoms with E-state index in [1.807, 2.05) is 0 Å². The number of benzene rings is 1. The highest BCUT2D eigenvalue weighted by atomic mass is 35.5. The van der Waals surface area contributed by atoms with Crippen LogP contribution in [0.1, 0.15) is 82.8 Å². The summed E-state index contributed by atoms with van der Waals surface area (Å²) in [6, 6.07) is 2.37. The fraction of sp³-hybridized carbons (Fsp3) is 0.472. The number of rotatable bonds is 15. The number of alkyl halides is 7.